The molecule has 1 unspecified atom stereocenters. The van der Waals surface area contributed by atoms with E-state index in [0.717, 1.165) is 12.1 Å². The summed E-state index contributed by atoms with van der Waals surface area (Å²) in [5.74, 6) is 1.02. The Balaban J connectivity index is 1.99. The van der Waals surface area contributed by atoms with Crippen LogP contribution in [-0.2, 0) is 11.3 Å². The van der Waals surface area contributed by atoms with Crippen molar-refractivity contribution < 1.29 is 4.79 Å². The fourth-order valence-corrected chi connectivity index (χ4v) is 1.95. The van der Waals surface area contributed by atoms with Crippen molar-refractivity contribution in [1.29, 1.82) is 0 Å². The predicted octanol–water partition coefficient (Wildman–Crippen LogP) is 1.06. The fourth-order valence-electron chi connectivity index (χ4n) is 1.74. The Hall–Kier alpha value is -1.16. The first-order chi connectivity index (χ1) is 7.29. The summed E-state index contributed by atoms with van der Waals surface area (Å²) in [6.45, 7) is 1.34. The number of amides is 1. The first-order valence-corrected chi connectivity index (χ1v) is 5.40. The highest BCUT2D eigenvalue weighted by Gasteiger charge is 2.28. The van der Waals surface area contributed by atoms with Crippen LogP contribution in [0.1, 0.15) is 12.0 Å². The molecule has 4 nitrogen and oxygen atoms in total. The van der Waals surface area contributed by atoms with Crippen LogP contribution in [0.2, 0.25) is 0 Å². The molecule has 1 aliphatic heterocycles. The second kappa shape index (κ2) is 4.57. The van der Waals surface area contributed by atoms with E-state index in [-0.39, 0.29) is 5.91 Å². The number of hydrogen-bond donors (Lipinski definition) is 0. The van der Waals surface area contributed by atoms with E-state index >= 15 is 0 Å². The third-order valence-electron chi connectivity index (χ3n) is 2.50. The summed E-state index contributed by atoms with van der Waals surface area (Å²) in [5, 5.41) is 0. The molecule has 1 atom stereocenters. The Labute approximate surface area is 93.3 Å². The predicted molar refractivity (Wildman–Crippen MR) is 56.3 cm³/mol. The van der Waals surface area contributed by atoms with Crippen LogP contribution in [0.3, 0.4) is 0 Å². The van der Waals surface area contributed by atoms with Gasteiger partial charge in [-0.15, -0.1) is 11.6 Å². The van der Waals surface area contributed by atoms with Crippen molar-refractivity contribution in [3.8, 4) is 0 Å². The number of halogens is 1. The van der Waals surface area contributed by atoms with Gasteiger partial charge in [-0.3, -0.25) is 4.79 Å². The van der Waals surface area contributed by atoms with E-state index in [4.69, 9.17) is 11.6 Å². The van der Waals surface area contributed by atoms with E-state index in [9.17, 15) is 4.79 Å². The van der Waals surface area contributed by atoms with Crippen LogP contribution in [-0.4, -0.2) is 33.2 Å². The Morgan fingerprint density at radius 1 is 1.47 bits per heavy atom. The first-order valence-electron chi connectivity index (χ1n) is 4.87. The van der Waals surface area contributed by atoms with Crippen molar-refractivity contribution >= 4 is 17.5 Å². The van der Waals surface area contributed by atoms with Crippen LogP contribution >= 0.6 is 11.6 Å². The van der Waals surface area contributed by atoms with Crippen LogP contribution in [0.15, 0.2) is 18.7 Å². The van der Waals surface area contributed by atoms with Gasteiger partial charge in [0.1, 0.15) is 6.33 Å². The minimum Gasteiger partial charge on any atom is -0.338 e. The largest absolute Gasteiger partial charge is 0.338 e. The van der Waals surface area contributed by atoms with Gasteiger partial charge in [0.15, 0.2) is 0 Å². The zero-order valence-corrected chi connectivity index (χ0v) is 9.02. The maximum atomic E-state index is 11.6. The number of hydrogen-bond acceptors (Lipinski definition) is 3. The highest BCUT2D eigenvalue weighted by atomic mass is 35.5. The van der Waals surface area contributed by atoms with E-state index < -0.39 is 0 Å². The van der Waals surface area contributed by atoms with Crippen LogP contribution in [0.5, 0.6) is 0 Å². The van der Waals surface area contributed by atoms with Crippen molar-refractivity contribution in [1.82, 2.24) is 14.9 Å². The second-order valence-electron chi connectivity index (χ2n) is 3.75. The molecule has 1 aromatic heterocycles. The Morgan fingerprint density at radius 3 is 2.80 bits per heavy atom. The van der Waals surface area contributed by atoms with Crippen molar-refractivity contribution in [2.45, 2.75) is 13.0 Å². The van der Waals surface area contributed by atoms with Crippen molar-refractivity contribution in [3.05, 3.63) is 24.3 Å². The van der Waals surface area contributed by atoms with Crippen LogP contribution in [0, 0.1) is 5.92 Å². The lowest BCUT2D eigenvalue weighted by atomic mass is 10.1. The van der Waals surface area contributed by atoms with Crippen molar-refractivity contribution in [3.63, 3.8) is 0 Å². The number of alkyl halides is 1. The summed E-state index contributed by atoms with van der Waals surface area (Å²) in [6, 6.07) is 0. The topological polar surface area (TPSA) is 46.1 Å². The molecule has 0 radical (unpaired) electrons. The lowest BCUT2D eigenvalue weighted by Gasteiger charge is -2.15. The maximum absolute atomic E-state index is 11.6. The third-order valence-corrected chi connectivity index (χ3v) is 2.94. The molecule has 1 aromatic rings. The van der Waals surface area contributed by atoms with Crippen molar-refractivity contribution in [2.75, 3.05) is 12.4 Å². The first kappa shape index (κ1) is 10.4. The number of rotatable bonds is 3. The van der Waals surface area contributed by atoms with Gasteiger partial charge in [0.25, 0.3) is 0 Å². The highest BCUT2D eigenvalue weighted by Crippen LogP contribution is 2.20. The number of nitrogens with zero attached hydrogens (tertiary/aromatic N) is 3. The van der Waals surface area contributed by atoms with Gasteiger partial charge in [-0.05, 0) is 5.92 Å². The van der Waals surface area contributed by atoms with Gasteiger partial charge in [-0.2, -0.15) is 0 Å². The molecule has 5 heteroatoms. The number of likely N-dealkylation sites (tertiary alicyclic amines) is 1. The van der Waals surface area contributed by atoms with E-state index in [1.54, 1.807) is 12.4 Å². The van der Waals surface area contributed by atoms with Gasteiger partial charge in [-0.25, -0.2) is 9.97 Å². The average molecular weight is 226 g/mol. The molecule has 1 saturated heterocycles. The van der Waals surface area contributed by atoms with Crippen LogP contribution in [0.25, 0.3) is 0 Å². The Kier molecular flexibility index (Phi) is 3.16. The quantitative estimate of drug-likeness (QED) is 0.723. The number of carbonyl (C=O) groups is 1. The summed E-state index contributed by atoms with van der Waals surface area (Å²) >= 11 is 5.74. The molecule has 80 valence electrons. The van der Waals surface area contributed by atoms with E-state index in [0.29, 0.717) is 24.8 Å². The van der Waals surface area contributed by atoms with E-state index in [1.165, 1.54) is 6.33 Å². The molecule has 2 rings (SSSR count). The zero-order valence-electron chi connectivity index (χ0n) is 8.27. The maximum Gasteiger partial charge on any atom is 0.223 e. The molecule has 2 heterocycles. The van der Waals surface area contributed by atoms with Gasteiger partial charge in [0.05, 0.1) is 0 Å². The molecule has 0 saturated carbocycles. The molecule has 0 bridgehead atoms. The molecule has 1 aliphatic rings. The smallest absolute Gasteiger partial charge is 0.223 e. The Bertz CT molecular complexity index is 344. The van der Waals surface area contributed by atoms with Gasteiger partial charge < -0.3 is 4.90 Å². The molecule has 0 spiro atoms. The summed E-state index contributed by atoms with van der Waals surface area (Å²) < 4.78 is 0. The van der Waals surface area contributed by atoms with Gasteiger partial charge in [0, 0.05) is 43.3 Å². The monoisotopic (exact) mass is 225 g/mol. The fraction of sp³-hybridized carbons (Fsp3) is 0.500. The van der Waals surface area contributed by atoms with Gasteiger partial charge in [-0.1, -0.05) is 0 Å². The van der Waals surface area contributed by atoms with E-state index in [1.807, 2.05) is 4.90 Å². The molecule has 1 fully saturated rings. The highest BCUT2D eigenvalue weighted by molar-refractivity contribution is 6.18. The minimum absolute atomic E-state index is 0.171. The summed E-state index contributed by atoms with van der Waals surface area (Å²) in [7, 11) is 0. The molecule has 1 amide bonds. The molecular formula is C10H12ClN3O. The zero-order chi connectivity index (χ0) is 10.7. The number of aromatic nitrogens is 2. The summed E-state index contributed by atoms with van der Waals surface area (Å²) in [5.41, 5.74) is 0.959. The third kappa shape index (κ3) is 2.45. The average Bonchev–Trinajstić information content (AvgIpc) is 2.61. The SMILES string of the molecule is O=C1CC(CCl)CN1Cc1cncnc1. The molecule has 0 aromatic carbocycles. The number of carbonyl (C=O) groups excluding carboxylic acids is 1. The van der Waals surface area contributed by atoms with Crippen molar-refractivity contribution in [2.24, 2.45) is 5.92 Å². The minimum atomic E-state index is 0.171. The van der Waals surface area contributed by atoms with Gasteiger partial charge >= 0.3 is 0 Å². The lowest BCUT2D eigenvalue weighted by Crippen LogP contribution is -2.24. The van der Waals surface area contributed by atoms with Gasteiger partial charge in [0.2, 0.25) is 5.91 Å². The summed E-state index contributed by atoms with van der Waals surface area (Å²) in [6.07, 6.45) is 5.51. The molecule has 0 N–H and O–H groups in total. The molecule has 15 heavy (non-hydrogen) atoms. The molecule has 0 aliphatic carbocycles. The van der Waals surface area contributed by atoms with E-state index in [2.05, 4.69) is 9.97 Å². The Morgan fingerprint density at radius 2 is 2.20 bits per heavy atom. The second-order valence-corrected chi connectivity index (χ2v) is 4.05. The lowest BCUT2D eigenvalue weighted by molar-refractivity contribution is -0.128. The summed E-state index contributed by atoms with van der Waals surface area (Å²) in [4.78, 5) is 21.2. The molecular weight excluding hydrogens is 214 g/mol. The van der Waals surface area contributed by atoms with Crippen LogP contribution in [0.4, 0.5) is 0 Å². The van der Waals surface area contributed by atoms with Crippen LogP contribution < -0.4 is 0 Å². The normalized spacial score (nSPS) is 21.0. The standard InChI is InChI=1S/C10H12ClN3O/c11-2-8-1-10(15)14(5-8)6-9-3-12-7-13-4-9/h3-4,7-8H,1-2,5-6H2.